The third kappa shape index (κ3) is 7.03. The van der Waals surface area contributed by atoms with Gasteiger partial charge in [0, 0.05) is 0 Å². The maximum atomic E-state index is 12.4. The van der Waals surface area contributed by atoms with Crippen molar-refractivity contribution in [3.63, 3.8) is 0 Å². The van der Waals surface area contributed by atoms with Crippen molar-refractivity contribution in [2.75, 3.05) is 0 Å². The van der Waals surface area contributed by atoms with Gasteiger partial charge < -0.3 is 0 Å². The van der Waals surface area contributed by atoms with E-state index in [-0.39, 0.29) is 0 Å². The first kappa shape index (κ1) is 16.6. The highest BCUT2D eigenvalue weighted by Crippen LogP contribution is 2.35. The van der Waals surface area contributed by atoms with Crippen LogP contribution in [0.2, 0.25) is 0 Å². The fourth-order valence-electron chi connectivity index (χ4n) is 3.31. The van der Waals surface area contributed by atoms with Crippen LogP contribution in [0.15, 0.2) is 11.6 Å². The number of halogens is 3. The van der Waals surface area contributed by atoms with Gasteiger partial charge in [0.05, 0.1) is 6.42 Å². The molecule has 1 rings (SSSR count). The number of hydrogen-bond donors (Lipinski definition) is 0. The first-order valence-corrected chi connectivity index (χ1v) is 7.71. The molecule has 0 spiro atoms. The van der Waals surface area contributed by atoms with Gasteiger partial charge in [0.15, 0.2) is 0 Å². The topological polar surface area (TPSA) is 0 Å². The Labute approximate surface area is 115 Å². The molecule has 0 heterocycles. The van der Waals surface area contributed by atoms with E-state index in [2.05, 4.69) is 13.8 Å². The average Bonchev–Trinajstić information content (AvgIpc) is 2.27. The first-order valence-electron chi connectivity index (χ1n) is 7.71. The zero-order chi connectivity index (χ0) is 14.3. The van der Waals surface area contributed by atoms with Gasteiger partial charge in [-0.05, 0) is 37.5 Å². The van der Waals surface area contributed by atoms with Crippen molar-refractivity contribution in [1.29, 1.82) is 0 Å². The SMILES string of the molecule is CCCC(CCC)CC1C=C(CC(F)(F)F)CCC1. The lowest BCUT2D eigenvalue weighted by Gasteiger charge is -2.26. The number of rotatable bonds is 7. The predicted molar refractivity (Wildman–Crippen MR) is 74.0 cm³/mol. The van der Waals surface area contributed by atoms with Gasteiger partial charge in [-0.25, -0.2) is 0 Å². The zero-order valence-corrected chi connectivity index (χ0v) is 12.2. The molecule has 0 nitrogen and oxygen atoms in total. The van der Waals surface area contributed by atoms with Crippen molar-refractivity contribution in [3.8, 4) is 0 Å². The van der Waals surface area contributed by atoms with Crippen molar-refractivity contribution >= 4 is 0 Å². The molecule has 0 saturated heterocycles. The molecule has 19 heavy (non-hydrogen) atoms. The predicted octanol–water partition coefficient (Wildman–Crippen LogP) is 6.27. The van der Waals surface area contributed by atoms with Crippen LogP contribution in [-0.2, 0) is 0 Å². The van der Waals surface area contributed by atoms with E-state index in [1.165, 1.54) is 25.7 Å². The van der Waals surface area contributed by atoms with Crippen LogP contribution in [-0.4, -0.2) is 6.18 Å². The van der Waals surface area contributed by atoms with E-state index in [1.807, 2.05) is 6.08 Å². The van der Waals surface area contributed by atoms with Crippen molar-refractivity contribution in [2.45, 2.75) is 77.8 Å². The first-order chi connectivity index (χ1) is 8.94. The highest BCUT2D eigenvalue weighted by atomic mass is 19.4. The lowest BCUT2D eigenvalue weighted by Crippen LogP contribution is -2.15. The normalized spacial score (nSPS) is 20.7. The van der Waals surface area contributed by atoms with Gasteiger partial charge in [-0.3, -0.25) is 0 Å². The summed E-state index contributed by atoms with van der Waals surface area (Å²) >= 11 is 0. The van der Waals surface area contributed by atoms with Crippen LogP contribution < -0.4 is 0 Å². The molecular formula is C16H27F3. The maximum absolute atomic E-state index is 12.4. The minimum atomic E-state index is -4.04. The van der Waals surface area contributed by atoms with Gasteiger partial charge in [-0.15, -0.1) is 0 Å². The second-order valence-corrected chi connectivity index (χ2v) is 5.95. The Morgan fingerprint density at radius 3 is 2.37 bits per heavy atom. The minimum absolute atomic E-state index is 0.384. The molecule has 1 aliphatic carbocycles. The highest BCUT2D eigenvalue weighted by molar-refractivity contribution is 5.09. The summed E-state index contributed by atoms with van der Waals surface area (Å²) in [5.41, 5.74) is 0.621. The lowest BCUT2D eigenvalue weighted by atomic mass is 9.81. The number of alkyl halides is 3. The molecule has 0 amide bonds. The van der Waals surface area contributed by atoms with E-state index in [0.29, 0.717) is 23.8 Å². The van der Waals surface area contributed by atoms with Crippen LogP contribution in [0.3, 0.4) is 0 Å². The van der Waals surface area contributed by atoms with Crippen LogP contribution in [0.5, 0.6) is 0 Å². The molecule has 0 saturated carbocycles. The summed E-state index contributed by atoms with van der Waals surface area (Å²) in [7, 11) is 0. The van der Waals surface area contributed by atoms with E-state index in [0.717, 1.165) is 19.3 Å². The van der Waals surface area contributed by atoms with Gasteiger partial charge in [-0.2, -0.15) is 13.2 Å². The Morgan fingerprint density at radius 1 is 1.21 bits per heavy atom. The van der Waals surface area contributed by atoms with Crippen molar-refractivity contribution in [1.82, 2.24) is 0 Å². The molecule has 0 N–H and O–H groups in total. The van der Waals surface area contributed by atoms with E-state index in [1.54, 1.807) is 0 Å². The molecule has 1 unspecified atom stereocenters. The monoisotopic (exact) mass is 276 g/mol. The molecule has 112 valence electrons. The molecule has 0 bridgehead atoms. The molecule has 3 heteroatoms. The van der Waals surface area contributed by atoms with Gasteiger partial charge in [-0.1, -0.05) is 51.2 Å². The van der Waals surface area contributed by atoms with Gasteiger partial charge in [0.2, 0.25) is 0 Å². The van der Waals surface area contributed by atoms with E-state index in [9.17, 15) is 13.2 Å². The maximum Gasteiger partial charge on any atom is 0.392 e. The molecule has 0 fully saturated rings. The van der Waals surface area contributed by atoms with Crippen molar-refractivity contribution < 1.29 is 13.2 Å². The second kappa shape index (κ2) is 7.96. The Kier molecular flexibility index (Phi) is 6.95. The van der Waals surface area contributed by atoms with Gasteiger partial charge >= 0.3 is 6.18 Å². The molecule has 0 aromatic rings. The minimum Gasteiger partial charge on any atom is -0.171 e. The fourth-order valence-corrected chi connectivity index (χ4v) is 3.31. The molecule has 0 aromatic heterocycles. The van der Waals surface area contributed by atoms with Crippen LogP contribution in [0.1, 0.15) is 71.6 Å². The van der Waals surface area contributed by atoms with Gasteiger partial charge in [0.1, 0.15) is 0 Å². The summed E-state index contributed by atoms with van der Waals surface area (Å²) in [5.74, 6) is 1.08. The summed E-state index contributed by atoms with van der Waals surface area (Å²) in [6.45, 7) is 4.38. The lowest BCUT2D eigenvalue weighted by molar-refractivity contribution is -0.127. The third-order valence-electron chi connectivity index (χ3n) is 4.00. The van der Waals surface area contributed by atoms with E-state index in [4.69, 9.17) is 0 Å². The van der Waals surface area contributed by atoms with Crippen LogP contribution in [0.25, 0.3) is 0 Å². The molecule has 0 aromatic carbocycles. The summed E-state index contributed by atoms with van der Waals surface area (Å²) < 4.78 is 37.3. The molecule has 1 atom stereocenters. The fraction of sp³-hybridized carbons (Fsp3) is 0.875. The summed E-state index contributed by atoms with van der Waals surface area (Å²) in [4.78, 5) is 0. The quantitative estimate of drug-likeness (QED) is 0.480. The highest BCUT2D eigenvalue weighted by Gasteiger charge is 2.30. The molecule has 0 aliphatic heterocycles. The Hall–Kier alpha value is -0.470. The summed E-state index contributed by atoms with van der Waals surface area (Å²) in [5, 5.41) is 0. The summed E-state index contributed by atoms with van der Waals surface area (Å²) in [6.07, 6.45) is 5.71. The molecular weight excluding hydrogens is 249 g/mol. The molecule has 1 aliphatic rings. The van der Waals surface area contributed by atoms with Gasteiger partial charge in [0.25, 0.3) is 0 Å². The summed E-state index contributed by atoms with van der Waals surface area (Å²) in [6, 6.07) is 0. The third-order valence-corrected chi connectivity index (χ3v) is 4.00. The standard InChI is InChI=1S/C16H27F3/c1-3-6-13(7-4-2)10-14-8-5-9-15(11-14)12-16(17,18)19/h11,13-14H,3-10,12H2,1-2H3. The van der Waals surface area contributed by atoms with Crippen molar-refractivity contribution in [2.24, 2.45) is 11.8 Å². The second-order valence-electron chi connectivity index (χ2n) is 5.95. The zero-order valence-electron chi connectivity index (χ0n) is 12.2. The number of allylic oxidation sites excluding steroid dienone is 2. The molecule has 0 radical (unpaired) electrons. The van der Waals surface area contributed by atoms with E-state index >= 15 is 0 Å². The largest absolute Gasteiger partial charge is 0.392 e. The Bertz CT molecular complexity index is 272. The Morgan fingerprint density at radius 2 is 1.84 bits per heavy atom. The average molecular weight is 276 g/mol. The Balaban J connectivity index is 2.54. The van der Waals surface area contributed by atoms with Crippen LogP contribution >= 0.6 is 0 Å². The van der Waals surface area contributed by atoms with Crippen molar-refractivity contribution in [3.05, 3.63) is 11.6 Å². The van der Waals surface area contributed by atoms with Crippen LogP contribution in [0, 0.1) is 11.8 Å². The van der Waals surface area contributed by atoms with Crippen LogP contribution in [0.4, 0.5) is 13.2 Å². The smallest absolute Gasteiger partial charge is 0.171 e. The number of hydrogen-bond acceptors (Lipinski definition) is 0. The van der Waals surface area contributed by atoms with E-state index < -0.39 is 12.6 Å².